The average molecular weight is 311 g/mol. The van der Waals surface area contributed by atoms with Crippen molar-refractivity contribution in [2.45, 2.75) is 26.7 Å². The maximum Gasteiger partial charge on any atom is 0.323 e. The van der Waals surface area contributed by atoms with Crippen LogP contribution in [0, 0.1) is 13.8 Å². The second-order valence-corrected chi connectivity index (χ2v) is 5.71. The van der Waals surface area contributed by atoms with Crippen LogP contribution in [0.15, 0.2) is 30.3 Å². The van der Waals surface area contributed by atoms with E-state index in [-0.39, 0.29) is 6.03 Å². The van der Waals surface area contributed by atoms with E-state index in [1.54, 1.807) is 0 Å². The van der Waals surface area contributed by atoms with Crippen molar-refractivity contribution in [1.82, 2.24) is 9.97 Å². The summed E-state index contributed by atoms with van der Waals surface area (Å²) in [6.45, 7) is 5.79. The van der Waals surface area contributed by atoms with Gasteiger partial charge in [0.05, 0.1) is 17.1 Å². The second kappa shape index (κ2) is 6.64. The van der Waals surface area contributed by atoms with Crippen molar-refractivity contribution >= 4 is 23.4 Å². The van der Waals surface area contributed by atoms with Gasteiger partial charge in [-0.2, -0.15) is 0 Å². The molecule has 6 nitrogen and oxygen atoms in total. The van der Waals surface area contributed by atoms with Gasteiger partial charge in [-0.15, -0.1) is 0 Å². The van der Waals surface area contributed by atoms with E-state index in [4.69, 9.17) is 0 Å². The van der Waals surface area contributed by atoms with Gasteiger partial charge in [-0.25, -0.2) is 14.8 Å². The highest BCUT2D eigenvalue weighted by atomic mass is 16.2. The van der Waals surface area contributed by atoms with E-state index in [1.807, 2.05) is 44.2 Å². The van der Waals surface area contributed by atoms with Gasteiger partial charge in [0, 0.05) is 18.8 Å². The number of hydrogen-bond acceptors (Lipinski definition) is 4. The Kier molecular flexibility index (Phi) is 4.41. The van der Waals surface area contributed by atoms with Gasteiger partial charge in [0.15, 0.2) is 0 Å². The first-order valence-electron chi connectivity index (χ1n) is 7.87. The van der Waals surface area contributed by atoms with E-state index in [1.165, 1.54) is 12.8 Å². The molecule has 0 saturated carbocycles. The van der Waals surface area contributed by atoms with Crippen LogP contribution >= 0.6 is 0 Å². The molecule has 23 heavy (non-hydrogen) atoms. The number of nitrogens with one attached hydrogen (secondary N) is 2. The van der Waals surface area contributed by atoms with E-state index in [0.717, 1.165) is 36.1 Å². The summed E-state index contributed by atoms with van der Waals surface area (Å²) in [7, 11) is 0. The first-order valence-corrected chi connectivity index (χ1v) is 7.87. The van der Waals surface area contributed by atoms with Crippen LogP contribution in [0.1, 0.15) is 24.2 Å². The zero-order chi connectivity index (χ0) is 16.2. The predicted octanol–water partition coefficient (Wildman–Crippen LogP) is 3.34. The highest BCUT2D eigenvalue weighted by Gasteiger charge is 2.18. The van der Waals surface area contributed by atoms with Crippen LogP contribution in [0.3, 0.4) is 0 Å². The highest BCUT2D eigenvalue weighted by molar-refractivity contribution is 6.00. The number of aryl methyl sites for hydroxylation is 2. The maximum absolute atomic E-state index is 12.1. The summed E-state index contributed by atoms with van der Waals surface area (Å²) in [5, 5.41) is 5.65. The fraction of sp³-hybridized carbons (Fsp3) is 0.353. The standard InChI is InChI=1S/C17H21N5O/c1-12-15(21-17(23)20-14-8-4-3-5-9-14)13(2)19-16(18-12)22-10-6-7-11-22/h3-5,8-9H,6-7,10-11H2,1-2H3,(H2,20,21,23). The van der Waals surface area contributed by atoms with Crippen molar-refractivity contribution < 1.29 is 4.79 Å². The van der Waals surface area contributed by atoms with Gasteiger partial charge in [-0.3, -0.25) is 0 Å². The normalized spacial score (nSPS) is 13.9. The fourth-order valence-corrected chi connectivity index (χ4v) is 2.74. The number of amides is 2. The molecule has 0 radical (unpaired) electrons. The number of carbonyl (C=O) groups is 1. The van der Waals surface area contributed by atoms with Gasteiger partial charge in [-0.1, -0.05) is 18.2 Å². The van der Waals surface area contributed by atoms with Crippen molar-refractivity contribution in [1.29, 1.82) is 0 Å². The van der Waals surface area contributed by atoms with E-state index < -0.39 is 0 Å². The number of nitrogens with zero attached hydrogens (tertiary/aromatic N) is 3. The van der Waals surface area contributed by atoms with Gasteiger partial charge in [-0.05, 0) is 38.8 Å². The molecule has 2 heterocycles. The smallest absolute Gasteiger partial charge is 0.323 e. The summed E-state index contributed by atoms with van der Waals surface area (Å²) < 4.78 is 0. The van der Waals surface area contributed by atoms with Crippen LogP contribution in [0.5, 0.6) is 0 Å². The zero-order valence-corrected chi connectivity index (χ0v) is 13.5. The lowest BCUT2D eigenvalue weighted by Gasteiger charge is -2.18. The summed E-state index contributed by atoms with van der Waals surface area (Å²) in [6.07, 6.45) is 2.36. The summed E-state index contributed by atoms with van der Waals surface area (Å²) in [4.78, 5) is 23.4. The van der Waals surface area contributed by atoms with Gasteiger partial charge in [0.25, 0.3) is 0 Å². The second-order valence-electron chi connectivity index (χ2n) is 5.71. The van der Waals surface area contributed by atoms with Crippen molar-refractivity contribution in [3.63, 3.8) is 0 Å². The Bertz CT molecular complexity index is 672. The van der Waals surface area contributed by atoms with Crippen LogP contribution in [0.4, 0.5) is 22.1 Å². The summed E-state index contributed by atoms with van der Waals surface area (Å²) in [5.74, 6) is 0.756. The number of anilines is 3. The Morgan fingerprint density at radius 1 is 1.00 bits per heavy atom. The summed E-state index contributed by atoms with van der Waals surface area (Å²) >= 11 is 0. The molecule has 1 aromatic carbocycles. The van der Waals surface area contributed by atoms with E-state index in [0.29, 0.717) is 5.69 Å². The number of urea groups is 1. The number of aromatic nitrogens is 2. The molecule has 120 valence electrons. The molecule has 0 atom stereocenters. The molecule has 2 aromatic rings. The molecule has 1 saturated heterocycles. The van der Waals surface area contributed by atoms with Gasteiger partial charge in [0.2, 0.25) is 5.95 Å². The average Bonchev–Trinajstić information content (AvgIpc) is 3.06. The SMILES string of the molecule is Cc1nc(N2CCCC2)nc(C)c1NC(=O)Nc1ccccc1. The minimum atomic E-state index is -0.292. The van der Waals surface area contributed by atoms with Crippen LogP contribution < -0.4 is 15.5 Å². The van der Waals surface area contributed by atoms with Gasteiger partial charge >= 0.3 is 6.03 Å². The van der Waals surface area contributed by atoms with Crippen LogP contribution in [0.25, 0.3) is 0 Å². The summed E-state index contributed by atoms with van der Waals surface area (Å²) in [6, 6.07) is 9.04. The quantitative estimate of drug-likeness (QED) is 0.912. The van der Waals surface area contributed by atoms with E-state index >= 15 is 0 Å². The minimum Gasteiger partial charge on any atom is -0.341 e. The van der Waals surface area contributed by atoms with Crippen molar-refractivity contribution in [2.75, 3.05) is 28.6 Å². The monoisotopic (exact) mass is 311 g/mol. The maximum atomic E-state index is 12.1. The molecule has 2 N–H and O–H groups in total. The zero-order valence-electron chi connectivity index (χ0n) is 13.5. The van der Waals surface area contributed by atoms with Gasteiger partial charge in [0.1, 0.15) is 0 Å². The number of hydrogen-bond donors (Lipinski definition) is 2. The lowest BCUT2D eigenvalue weighted by atomic mass is 10.3. The minimum absolute atomic E-state index is 0.292. The van der Waals surface area contributed by atoms with Crippen LogP contribution in [0.2, 0.25) is 0 Å². The molecular weight excluding hydrogens is 290 g/mol. The number of rotatable bonds is 3. The Morgan fingerprint density at radius 2 is 1.61 bits per heavy atom. The molecule has 0 aliphatic carbocycles. The lowest BCUT2D eigenvalue weighted by molar-refractivity contribution is 0.262. The Labute approximate surface area is 135 Å². The molecule has 2 amide bonds. The van der Waals surface area contributed by atoms with Crippen molar-refractivity contribution in [3.05, 3.63) is 41.7 Å². The molecule has 1 aliphatic rings. The van der Waals surface area contributed by atoms with E-state index in [9.17, 15) is 4.79 Å². The molecule has 1 aliphatic heterocycles. The molecule has 1 fully saturated rings. The third kappa shape index (κ3) is 3.59. The largest absolute Gasteiger partial charge is 0.341 e. The third-order valence-electron chi connectivity index (χ3n) is 3.92. The number of para-hydroxylation sites is 1. The van der Waals surface area contributed by atoms with Crippen LogP contribution in [-0.4, -0.2) is 29.1 Å². The van der Waals surface area contributed by atoms with Gasteiger partial charge < -0.3 is 15.5 Å². The molecule has 0 spiro atoms. The number of carbonyl (C=O) groups excluding carboxylic acids is 1. The predicted molar refractivity (Wildman–Crippen MR) is 92.0 cm³/mol. The van der Waals surface area contributed by atoms with E-state index in [2.05, 4.69) is 25.5 Å². The molecule has 6 heteroatoms. The number of benzene rings is 1. The first-order chi connectivity index (χ1) is 11.1. The van der Waals surface area contributed by atoms with Crippen molar-refractivity contribution in [2.24, 2.45) is 0 Å². The molecule has 0 bridgehead atoms. The Morgan fingerprint density at radius 3 is 2.22 bits per heavy atom. The highest BCUT2D eigenvalue weighted by Crippen LogP contribution is 2.23. The van der Waals surface area contributed by atoms with Crippen molar-refractivity contribution in [3.8, 4) is 0 Å². The topological polar surface area (TPSA) is 70.2 Å². The Balaban J connectivity index is 1.73. The third-order valence-corrected chi connectivity index (χ3v) is 3.92. The van der Waals surface area contributed by atoms with Crippen LogP contribution in [-0.2, 0) is 0 Å². The Hall–Kier alpha value is -2.63. The molecular formula is C17H21N5O. The molecule has 3 rings (SSSR count). The molecule has 1 aromatic heterocycles. The lowest BCUT2D eigenvalue weighted by Crippen LogP contribution is -2.24. The first kappa shape index (κ1) is 15.3. The summed E-state index contributed by atoms with van der Waals surface area (Å²) in [5.41, 5.74) is 2.97. The molecule has 0 unspecified atom stereocenters. The fourth-order valence-electron chi connectivity index (χ4n) is 2.74.